The van der Waals surface area contributed by atoms with E-state index in [-0.39, 0.29) is 0 Å². The van der Waals surface area contributed by atoms with E-state index in [0.29, 0.717) is 11.8 Å². The van der Waals surface area contributed by atoms with Crippen molar-refractivity contribution in [1.82, 2.24) is 9.97 Å². The first kappa shape index (κ1) is 13.3. The zero-order valence-corrected chi connectivity index (χ0v) is 13.2. The molecule has 2 aromatic rings. The molecule has 0 amide bonds. The molecule has 20 heavy (non-hydrogen) atoms. The molecule has 0 unspecified atom stereocenters. The summed E-state index contributed by atoms with van der Waals surface area (Å²) >= 11 is 0. The zero-order chi connectivity index (χ0) is 14.6. The molecule has 2 nitrogen and oxygen atoms in total. The Morgan fingerprint density at radius 2 is 1.05 bits per heavy atom. The Morgan fingerprint density at radius 1 is 0.700 bits per heavy atom. The molecule has 0 aromatic carbocycles. The van der Waals surface area contributed by atoms with Gasteiger partial charge in [-0.25, -0.2) is 0 Å². The number of aromatic nitrogens is 2. The lowest BCUT2D eigenvalue weighted by Gasteiger charge is -2.33. The summed E-state index contributed by atoms with van der Waals surface area (Å²) in [7, 11) is 0. The molecule has 0 aliphatic heterocycles. The zero-order valence-electron chi connectivity index (χ0n) is 13.2. The lowest BCUT2D eigenvalue weighted by atomic mass is 9.73. The summed E-state index contributed by atoms with van der Waals surface area (Å²) < 4.78 is 0. The van der Waals surface area contributed by atoms with Gasteiger partial charge < -0.3 is 0 Å². The quantitative estimate of drug-likeness (QED) is 0.696. The molecule has 0 radical (unpaired) electrons. The Balaban J connectivity index is 2.40. The smallest absolute Gasteiger partial charge is 0.0926 e. The number of aryl methyl sites for hydroxylation is 2. The van der Waals surface area contributed by atoms with Crippen molar-refractivity contribution in [3.63, 3.8) is 0 Å². The highest BCUT2D eigenvalue weighted by atomic mass is 14.8. The van der Waals surface area contributed by atoms with E-state index in [9.17, 15) is 0 Å². The van der Waals surface area contributed by atoms with Crippen molar-refractivity contribution in [3.8, 4) is 11.4 Å². The Labute approximate surface area is 121 Å². The largest absolute Gasteiger partial charge is 0.254 e. The summed E-state index contributed by atoms with van der Waals surface area (Å²) in [5.41, 5.74) is 10.3. The van der Waals surface area contributed by atoms with Crippen LogP contribution in [0.15, 0.2) is 12.4 Å². The summed E-state index contributed by atoms with van der Waals surface area (Å²) in [5, 5.41) is 0. The van der Waals surface area contributed by atoms with E-state index in [1.165, 1.54) is 33.4 Å². The monoisotopic (exact) mass is 266 g/mol. The molecule has 0 spiro atoms. The fourth-order valence-corrected chi connectivity index (χ4v) is 3.43. The SMILES string of the molecule is Cc1cnc2c(c1C)[C@@H](C)[C@@H](C)c1c-2ncc(C)c1C. The molecular weight excluding hydrogens is 244 g/mol. The third-order valence-corrected chi connectivity index (χ3v) is 5.16. The summed E-state index contributed by atoms with van der Waals surface area (Å²) in [4.78, 5) is 9.43. The Hall–Kier alpha value is -1.70. The van der Waals surface area contributed by atoms with Gasteiger partial charge in [0, 0.05) is 12.4 Å². The topological polar surface area (TPSA) is 25.8 Å². The third kappa shape index (κ3) is 1.64. The van der Waals surface area contributed by atoms with E-state index in [2.05, 4.69) is 41.5 Å². The standard InChI is InChI=1S/C18H22N2/c1-9-7-19-17-15(11(9)3)13(5)14(6)16-12(4)10(2)8-20-18(16)17/h7-8,13-14H,1-6H3/t13-,14+. The van der Waals surface area contributed by atoms with Crippen LogP contribution in [0.25, 0.3) is 11.4 Å². The van der Waals surface area contributed by atoms with Crippen LogP contribution in [0.4, 0.5) is 0 Å². The predicted molar refractivity (Wildman–Crippen MR) is 83.2 cm³/mol. The molecule has 0 saturated carbocycles. The highest BCUT2D eigenvalue weighted by Crippen LogP contribution is 2.47. The minimum atomic E-state index is 0.493. The Morgan fingerprint density at radius 3 is 1.40 bits per heavy atom. The Bertz CT molecular complexity index is 640. The van der Waals surface area contributed by atoms with Gasteiger partial charge in [0.1, 0.15) is 0 Å². The van der Waals surface area contributed by atoms with Crippen LogP contribution in [0.2, 0.25) is 0 Å². The highest BCUT2D eigenvalue weighted by molar-refractivity contribution is 5.71. The number of pyridine rings is 2. The van der Waals surface area contributed by atoms with Crippen LogP contribution >= 0.6 is 0 Å². The van der Waals surface area contributed by atoms with Crippen LogP contribution in [0.1, 0.15) is 59.1 Å². The number of nitrogens with zero attached hydrogens (tertiary/aromatic N) is 2. The summed E-state index contributed by atoms with van der Waals surface area (Å²) in [5.74, 6) is 0.986. The van der Waals surface area contributed by atoms with E-state index in [1.54, 1.807) is 0 Å². The van der Waals surface area contributed by atoms with Crippen LogP contribution in [0.5, 0.6) is 0 Å². The fraction of sp³-hybridized carbons (Fsp3) is 0.444. The maximum absolute atomic E-state index is 4.71. The second-order valence-electron chi connectivity index (χ2n) is 6.23. The van der Waals surface area contributed by atoms with Crippen molar-refractivity contribution in [3.05, 3.63) is 45.8 Å². The minimum Gasteiger partial charge on any atom is -0.254 e. The van der Waals surface area contributed by atoms with Crippen molar-refractivity contribution in [2.24, 2.45) is 0 Å². The third-order valence-electron chi connectivity index (χ3n) is 5.16. The van der Waals surface area contributed by atoms with Gasteiger partial charge in [0.2, 0.25) is 0 Å². The number of fused-ring (bicyclic) bond motifs is 3. The lowest BCUT2D eigenvalue weighted by molar-refractivity contribution is 0.602. The van der Waals surface area contributed by atoms with Gasteiger partial charge in [0.25, 0.3) is 0 Å². The van der Waals surface area contributed by atoms with E-state index < -0.39 is 0 Å². The van der Waals surface area contributed by atoms with Crippen molar-refractivity contribution >= 4 is 0 Å². The number of rotatable bonds is 0. The van der Waals surface area contributed by atoms with Crippen LogP contribution in [0.3, 0.4) is 0 Å². The van der Waals surface area contributed by atoms with Gasteiger partial charge in [-0.15, -0.1) is 0 Å². The van der Waals surface area contributed by atoms with Gasteiger partial charge in [-0.1, -0.05) is 13.8 Å². The summed E-state index contributed by atoms with van der Waals surface area (Å²) in [6.07, 6.45) is 3.97. The molecule has 0 saturated heterocycles. The molecule has 1 aliphatic rings. The Kier molecular flexibility index (Phi) is 2.93. The maximum atomic E-state index is 4.71. The lowest BCUT2D eigenvalue weighted by Crippen LogP contribution is -2.19. The van der Waals surface area contributed by atoms with Crippen LogP contribution in [-0.4, -0.2) is 9.97 Å². The molecule has 2 heterocycles. The van der Waals surface area contributed by atoms with Crippen LogP contribution < -0.4 is 0 Å². The highest BCUT2D eigenvalue weighted by Gasteiger charge is 2.33. The van der Waals surface area contributed by atoms with Gasteiger partial charge in [-0.3, -0.25) is 9.97 Å². The van der Waals surface area contributed by atoms with E-state index in [1.807, 2.05) is 12.4 Å². The summed E-state index contributed by atoms with van der Waals surface area (Å²) in [6.45, 7) is 13.4. The van der Waals surface area contributed by atoms with Crippen molar-refractivity contribution in [2.75, 3.05) is 0 Å². The van der Waals surface area contributed by atoms with Crippen LogP contribution in [-0.2, 0) is 0 Å². The average molecular weight is 266 g/mol. The molecule has 0 fully saturated rings. The molecule has 3 rings (SSSR count). The van der Waals surface area contributed by atoms with Gasteiger partial charge >= 0.3 is 0 Å². The average Bonchev–Trinajstić information content (AvgIpc) is 2.42. The normalized spacial score (nSPS) is 20.5. The molecule has 2 atom stereocenters. The predicted octanol–water partition coefficient (Wildman–Crippen LogP) is 4.60. The van der Waals surface area contributed by atoms with Gasteiger partial charge in [-0.2, -0.15) is 0 Å². The van der Waals surface area contributed by atoms with E-state index in [4.69, 9.17) is 9.97 Å². The van der Waals surface area contributed by atoms with Crippen molar-refractivity contribution in [1.29, 1.82) is 0 Å². The molecule has 2 aromatic heterocycles. The van der Waals surface area contributed by atoms with Gasteiger partial charge in [0.05, 0.1) is 11.4 Å². The molecule has 104 valence electrons. The molecule has 2 heteroatoms. The second kappa shape index (κ2) is 4.41. The van der Waals surface area contributed by atoms with Crippen LogP contribution in [0, 0.1) is 27.7 Å². The molecule has 0 N–H and O–H groups in total. The molecule has 0 bridgehead atoms. The van der Waals surface area contributed by atoms with Gasteiger partial charge in [-0.05, 0) is 72.9 Å². The minimum absolute atomic E-state index is 0.493. The molecular formula is C18H22N2. The van der Waals surface area contributed by atoms with Gasteiger partial charge in [0.15, 0.2) is 0 Å². The van der Waals surface area contributed by atoms with Crippen molar-refractivity contribution < 1.29 is 0 Å². The molecule has 1 aliphatic carbocycles. The van der Waals surface area contributed by atoms with Crippen molar-refractivity contribution in [2.45, 2.75) is 53.4 Å². The first-order valence-corrected chi connectivity index (χ1v) is 7.36. The van der Waals surface area contributed by atoms with E-state index >= 15 is 0 Å². The second-order valence-corrected chi connectivity index (χ2v) is 6.23. The van der Waals surface area contributed by atoms with E-state index in [0.717, 1.165) is 11.4 Å². The summed E-state index contributed by atoms with van der Waals surface area (Å²) in [6, 6.07) is 0. The first-order chi connectivity index (χ1) is 9.43. The fourth-order valence-electron chi connectivity index (χ4n) is 3.43. The first-order valence-electron chi connectivity index (χ1n) is 7.36. The number of hydrogen-bond donors (Lipinski definition) is 0. The maximum Gasteiger partial charge on any atom is 0.0926 e. The number of hydrogen-bond acceptors (Lipinski definition) is 2.